The van der Waals surface area contributed by atoms with E-state index in [9.17, 15) is 0 Å². The molecular weight excluding hydrogens is 534 g/mol. The number of hydrogen-bond donors (Lipinski definition) is 0. The lowest BCUT2D eigenvalue weighted by atomic mass is 9.92. The SMILES string of the molecule is C#C/C(=C\C=C(/C)c1c2ccc3ccccc3c2nc2c1ccc1ccccc12)c1nc2c(n1-c1ccccc1)C=CCC2. The lowest BCUT2D eigenvalue weighted by Gasteiger charge is -2.15. The molecule has 0 aliphatic heterocycles. The lowest BCUT2D eigenvalue weighted by Crippen LogP contribution is -2.03. The Labute approximate surface area is 256 Å². The number of rotatable bonds is 4. The predicted molar refractivity (Wildman–Crippen MR) is 186 cm³/mol. The molecule has 0 bridgehead atoms. The number of aryl methyl sites for hydroxylation is 1. The van der Waals surface area contributed by atoms with Crippen LogP contribution in [0.5, 0.6) is 0 Å². The van der Waals surface area contributed by atoms with Crippen LogP contribution in [0.1, 0.15) is 36.1 Å². The molecule has 0 atom stereocenters. The van der Waals surface area contributed by atoms with Gasteiger partial charge in [-0.3, -0.25) is 4.57 Å². The van der Waals surface area contributed by atoms with E-state index in [1.165, 1.54) is 16.3 Å². The van der Waals surface area contributed by atoms with Crippen molar-refractivity contribution in [2.75, 3.05) is 0 Å². The first-order chi connectivity index (χ1) is 21.7. The van der Waals surface area contributed by atoms with Crippen molar-refractivity contribution < 1.29 is 0 Å². The van der Waals surface area contributed by atoms with Crippen LogP contribution in [0.3, 0.4) is 0 Å². The van der Waals surface area contributed by atoms with Gasteiger partial charge in [-0.15, -0.1) is 6.42 Å². The molecule has 2 aromatic heterocycles. The van der Waals surface area contributed by atoms with E-state index in [0.717, 1.165) is 79.5 Å². The van der Waals surface area contributed by atoms with E-state index in [4.69, 9.17) is 16.4 Å². The fourth-order valence-electron chi connectivity index (χ4n) is 6.58. The molecule has 0 unspecified atom stereocenters. The average molecular weight is 564 g/mol. The largest absolute Gasteiger partial charge is 0.292 e. The fourth-order valence-corrected chi connectivity index (χ4v) is 6.58. The third kappa shape index (κ3) is 4.15. The summed E-state index contributed by atoms with van der Waals surface area (Å²) in [6.07, 6.45) is 16.7. The number of allylic oxidation sites excluding steroid dienone is 5. The molecule has 3 heteroatoms. The highest BCUT2D eigenvalue weighted by Gasteiger charge is 2.20. The van der Waals surface area contributed by atoms with Crippen LogP contribution in [-0.4, -0.2) is 14.5 Å². The van der Waals surface area contributed by atoms with E-state index in [1.807, 2.05) is 12.1 Å². The molecule has 0 spiro atoms. The third-order valence-electron chi connectivity index (χ3n) is 8.68. The Morgan fingerprint density at radius 3 is 2.02 bits per heavy atom. The van der Waals surface area contributed by atoms with Gasteiger partial charge >= 0.3 is 0 Å². The molecule has 8 rings (SSSR count). The summed E-state index contributed by atoms with van der Waals surface area (Å²) in [5, 5.41) is 6.92. The smallest absolute Gasteiger partial charge is 0.153 e. The zero-order chi connectivity index (χ0) is 29.6. The van der Waals surface area contributed by atoms with Crippen LogP contribution in [0.25, 0.3) is 66.3 Å². The monoisotopic (exact) mass is 563 g/mol. The Kier molecular flexibility index (Phi) is 6.21. The van der Waals surface area contributed by atoms with E-state index in [1.54, 1.807) is 0 Å². The molecule has 208 valence electrons. The van der Waals surface area contributed by atoms with Crippen LogP contribution in [0.2, 0.25) is 0 Å². The predicted octanol–water partition coefficient (Wildman–Crippen LogP) is 9.96. The minimum atomic E-state index is 0.745. The molecule has 3 nitrogen and oxygen atoms in total. The lowest BCUT2D eigenvalue weighted by molar-refractivity contribution is 0.936. The molecule has 5 aromatic carbocycles. The molecule has 0 saturated heterocycles. The van der Waals surface area contributed by atoms with Gasteiger partial charge in [0.05, 0.1) is 28.0 Å². The summed E-state index contributed by atoms with van der Waals surface area (Å²) in [4.78, 5) is 10.4. The number of aromatic nitrogens is 3. The number of fused-ring (bicyclic) bond motifs is 7. The van der Waals surface area contributed by atoms with Crippen LogP contribution in [0.4, 0.5) is 0 Å². The fraction of sp³-hybridized carbons (Fsp3) is 0.0732. The Morgan fingerprint density at radius 1 is 0.727 bits per heavy atom. The standard InChI is InChI=1S/C41H29N3/c1-3-28(41-42-36-19-11-12-20-37(36)44(41)31-15-5-4-6-16-31)22-21-27(2)38-34-25-23-29-13-7-9-17-32(29)39(34)43-40-33-18-10-8-14-30(33)24-26-35(38)40/h1,4-10,12-18,20-26H,11,19H2,2H3/b27-21+,28-22+. The molecule has 1 aliphatic rings. The second-order valence-electron chi connectivity index (χ2n) is 11.3. The maximum atomic E-state index is 6.21. The summed E-state index contributed by atoms with van der Waals surface area (Å²) >= 11 is 0. The second kappa shape index (κ2) is 10.5. The minimum absolute atomic E-state index is 0.745. The molecule has 0 radical (unpaired) electrons. The van der Waals surface area contributed by atoms with Crippen LogP contribution in [0.15, 0.2) is 121 Å². The van der Waals surface area contributed by atoms with Gasteiger partial charge in [-0.2, -0.15) is 0 Å². The first kappa shape index (κ1) is 25.9. The molecule has 7 aromatic rings. The van der Waals surface area contributed by atoms with Gasteiger partial charge in [0, 0.05) is 27.2 Å². The van der Waals surface area contributed by atoms with Crippen molar-refractivity contribution in [2.24, 2.45) is 0 Å². The molecular formula is C41H29N3. The number of imidazole rings is 1. The van der Waals surface area contributed by atoms with Crippen molar-refractivity contribution in [1.82, 2.24) is 14.5 Å². The van der Waals surface area contributed by atoms with Gasteiger partial charge in [0.25, 0.3) is 0 Å². The topological polar surface area (TPSA) is 30.7 Å². The number of terminal acetylenes is 1. The van der Waals surface area contributed by atoms with Gasteiger partial charge in [-0.1, -0.05) is 109 Å². The Balaban J connectivity index is 1.37. The van der Waals surface area contributed by atoms with Crippen LogP contribution < -0.4 is 0 Å². The number of pyridine rings is 1. The highest BCUT2D eigenvalue weighted by Crippen LogP contribution is 2.38. The summed E-state index contributed by atoms with van der Waals surface area (Å²) < 4.78 is 2.19. The third-order valence-corrected chi connectivity index (χ3v) is 8.68. The van der Waals surface area contributed by atoms with Gasteiger partial charge < -0.3 is 0 Å². The zero-order valence-corrected chi connectivity index (χ0v) is 24.5. The van der Waals surface area contributed by atoms with Crippen molar-refractivity contribution in [1.29, 1.82) is 0 Å². The summed E-state index contributed by atoms with van der Waals surface area (Å²) in [6.45, 7) is 2.17. The molecule has 0 amide bonds. The summed E-state index contributed by atoms with van der Waals surface area (Å²) in [5.41, 5.74) is 8.28. The summed E-state index contributed by atoms with van der Waals surface area (Å²) in [6, 6.07) is 36.1. The number of para-hydroxylation sites is 1. The second-order valence-corrected chi connectivity index (χ2v) is 11.3. The zero-order valence-electron chi connectivity index (χ0n) is 24.5. The normalized spacial score (nSPS) is 13.5. The van der Waals surface area contributed by atoms with Gasteiger partial charge in [0.1, 0.15) is 0 Å². The quantitative estimate of drug-likeness (QED) is 0.0923. The number of hydrogen-bond acceptors (Lipinski definition) is 2. The Morgan fingerprint density at radius 2 is 1.36 bits per heavy atom. The van der Waals surface area contributed by atoms with Crippen LogP contribution in [-0.2, 0) is 6.42 Å². The van der Waals surface area contributed by atoms with Crippen molar-refractivity contribution in [3.8, 4) is 18.0 Å². The van der Waals surface area contributed by atoms with Crippen LogP contribution >= 0.6 is 0 Å². The van der Waals surface area contributed by atoms with Crippen molar-refractivity contribution >= 4 is 60.6 Å². The highest BCUT2D eigenvalue weighted by atomic mass is 15.1. The molecule has 2 heterocycles. The van der Waals surface area contributed by atoms with E-state index in [2.05, 4.69) is 133 Å². The number of nitrogens with zero attached hydrogens (tertiary/aromatic N) is 3. The van der Waals surface area contributed by atoms with Crippen molar-refractivity contribution in [3.63, 3.8) is 0 Å². The van der Waals surface area contributed by atoms with Crippen molar-refractivity contribution in [2.45, 2.75) is 19.8 Å². The van der Waals surface area contributed by atoms with Gasteiger partial charge in [-0.05, 0) is 66.0 Å². The van der Waals surface area contributed by atoms with Gasteiger partial charge in [-0.25, -0.2) is 9.97 Å². The Hall–Kier alpha value is -5.72. The minimum Gasteiger partial charge on any atom is -0.292 e. The molecule has 44 heavy (non-hydrogen) atoms. The molecule has 0 fully saturated rings. The van der Waals surface area contributed by atoms with E-state index in [-0.39, 0.29) is 0 Å². The molecule has 1 aliphatic carbocycles. The van der Waals surface area contributed by atoms with Gasteiger partial charge in [0.15, 0.2) is 5.82 Å². The maximum absolute atomic E-state index is 6.21. The van der Waals surface area contributed by atoms with E-state index in [0.29, 0.717) is 0 Å². The van der Waals surface area contributed by atoms with Crippen molar-refractivity contribution in [3.05, 3.63) is 144 Å². The summed E-state index contributed by atoms with van der Waals surface area (Å²) in [7, 11) is 0. The average Bonchev–Trinajstić information content (AvgIpc) is 3.47. The first-order valence-electron chi connectivity index (χ1n) is 15.0. The van der Waals surface area contributed by atoms with Crippen LogP contribution in [0, 0.1) is 12.3 Å². The van der Waals surface area contributed by atoms with E-state index < -0.39 is 0 Å². The molecule has 0 saturated carbocycles. The number of benzene rings is 5. The maximum Gasteiger partial charge on any atom is 0.153 e. The van der Waals surface area contributed by atoms with Gasteiger partial charge in [0.2, 0.25) is 0 Å². The molecule has 0 N–H and O–H groups in total. The summed E-state index contributed by atoms with van der Waals surface area (Å²) in [5.74, 6) is 3.76. The Bertz CT molecular complexity index is 2300. The first-order valence-corrected chi connectivity index (χ1v) is 15.0. The highest BCUT2D eigenvalue weighted by molar-refractivity contribution is 6.18. The van der Waals surface area contributed by atoms with E-state index >= 15 is 0 Å².